The number of H-pyrrole nitrogens is 1. The molecule has 20 heavy (non-hydrogen) atoms. The lowest BCUT2D eigenvalue weighted by molar-refractivity contribution is 0.0696. The molecule has 6 heteroatoms. The topological polar surface area (TPSA) is 95.1 Å². The van der Waals surface area contributed by atoms with Crippen molar-refractivity contribution in [2.45, 2.75) is 20.8 Å². The van der Waals surface area contributed by atoms with Crippen LogP contribution in [-0.4, -0.2) is 27.2 Å². The number of nitrogens with one attached hydrogen (secondary N) is 2. The van der Waals surface area contributed by atoms with Crippen LogP contribution < -0.4 is 5.32 Å². The molecule has 0 atom stereocenters. The zero-order valence-electron chi connectivity index (χ0n) is 11.4. The molecule has 0 aliphatic carbocycles. The van der Waals surface area contributed by atoms with Gasteiger partial charge in [0.05, 0.1) is 16.8 Å². The first-order chi connectivity index (χ1) is 9.40. The molecular weight excluding hydrogens is 258 g/mol. The Balaban J connectivity index is 2.33. The number of carbonyl (C=O) groups excluding carboxylic acids is 1. The summed E-state index contributed by atoms with van der Waals surface area (Å²) in [5.41, 5.74) is 3.16. The quantitative estimate of drug-likeness (QED) is 0.799. The van der Waals surface area contributed by atoms with Crippen LogP contribution in [0.1, 0.15) is 37.7 Å². The minimum Gasteiger partial charge on any atom is -0.478 e. The van der Waals surface area contributed by atoms with E-state index in [0.717, 1.165) is 5.56 Å². The summed E-state index contributed by atoms with van der Waals surface area (Å²) in [5, 5.41) is 18.4. The van der Waals surface area contributed by atoms with Crippen LogP contribution in [0.15, 0.2) is 18.2 Å². The molecule has 1 aromatic heterocycles. The second-order valence-electron chi connectivity index (χ2n) is 4.60. The van der Waals surface area contributed by atoms with Crippen LogP contribution in [0.2, 0.25) is 0 Å². The average molecular weight is 273 g/mol. The maximum absolute atomic E-state index is 12.2. The highest BCUT2D eigenvalue weighted by Gasteiger charge is 2.16. The van der Waals surface area contributed by atoms with Crippen molar-refractivity contribution < 1.29 is 14.7 Å². The number of carbonyl (C=O) groups is 2. The van der Waals surface area contributed by atoms with E-state index < -0.39 is 5.97 Å². The number of amides is 1. The number of benzene rings is 1. The van der Waals surface area contributed by atoms with E-state index in [9.17, 15) is 9.59 Å². The SMILES string of the molecule is Cc1ccc(C(=O)O)cc1NC(=O)c1c(C)n[nH]c1C. The Hall–Kier alpha value is -2.63. The maximum atomic E-state index is 12.2. The van der Waals surface area contributed by atoms with Crippen molar-refractivity contribution in [3.8, 4) is 0 Å². The second-order valence-corrected chi connectivity index (χ2v) is 4.60. The van der Waals surface area contributed by atoms with Crippen LogP contribution in [0.4, 0.5) is 5.69 Å². The summed E-state index contributed by atoms with van der Waals surface area (Å²) in [6.45, 7) is 5.30. The van der Waals surface area contributed by atoms with Crippen LogP contribution in [0.5, 0.6) is 0 Å². The van der Waals surface area contributed by atoms with Gasteiger partial charge in [-0.1, -0.05) is 6.07 Å². The zero-order chi connectivity index (χ0) is 14.9. The molecule has 0 fully saturated rings. The Kier molecular flexibility index (Phi) is 3.56. The summed E-state index contributed by atoms with van der Waals surface area (Å²) in [6, 6.07) is 4.61. The Bertz CT molecular complexity index is 669. The number of aryl methyl sites for hydroxylation is 3. The Morgan fingerprint density at radius 2 is 1.95 bits per heavy atom. The molecule has 3 N–H and O–H groups in total. The third-order valence-corrected chi connectivity index (χ3v) is 3.09. The smallest absolute Gasteiger partial charge is 0.335 e. The molecule has 104 valence electrons. The maximum Gasteiger partial charge on any atom is 0.335 e. The van der Waals surface area contributed by atoms with Crippen LogP contribution in [-0.2, 0) is 0 Å². The van der Waals surface area contributed by atoms with Gasteiger partial charge in [0.25, 0.3) is 5.91 Å². The predicted molar refractivity (Wildman–Crippen MR) is 74.2 cm³/mol. The van der Waals surface area contributed by atoms with Crippen LogP contribution in [0.3, 0.4) is 0 Å². The molecule has 0 bridgehead atoms. The molecule has 0 radical (unpaired) electrons. The lowest BCUT2D eigenvalue weighted by Crippen LogP contribution is -2.15. The minimum absolute atomic E-state index is 0.131. The number of carboxylic acids is 1. The number of aromatic carboxylic acids is 1. The van der Waals surface area contributed by atoms with E-state index in [-0.39, 0.29) is 11.5 Å². The summed E-state index contributed by atoms with van der Waals surface area (Å²) in [4.78, 5) is 23.2. The highest BCUT2D eigenvalue weighted by molar-refractivity contribution is 6.06. The molecule has 0 saturated carbocycles. The standard InChI is InChI=1S/C14H15N3O3/c1-7-4-5-10(14(19)20)6-11(7)15-13(18)12-8(2)16-17-9(12)3/h4-6H,1-3H3,(H,15,18)(H,16,17)(H,19,20). The Morgan fingerprint density at radius 3 is 2.50 bits per heavy atom. The van der Waals surface area contributed by atoms with E-state index in [1.54, 1.807) is 26.8 Å². The zero-order valence-corrected chi connectivity index (χ0v) is 11.4. The highest BCUT2D eigenvalue weighted by Crippen LogP contribution is 2.19. The molecular formula is C14H15N3O3. The molecule has 0 aliphatic rings. The van der Waals surface area contributed by atoms with E-state index in [0.29, 0.717) is 22.6 Å². The van der Waals surface area contributed by atoms with Crippen molar-refractivity contribution in [1.82, 2.24) is 10.2 Å². The molecule has 0 aliphatic heterocycles. The molecule has 1 aromatic carbocycles. The van der Waals surface area contributed by atoms with Gasteiger partial charge in [0, 0.05) is 11.4 Å². The van der Waals surface area contributed by atoms with Crippen molar-refractivity contribution in [3.05, 3.63) is 46.3 Å². The number of aromatic nitrogens is 2. The van der Waals surface area contributed by atoms with Crippen molar-refractivity contribution in [3.63, 3.8) is 0 Å². The van der Waals surface area contributed by atoms with Gasteiger partial charge in [-0.25, -0.2) is 4.79 Å². The number of anilines is 1. The fourth-order valence-electron chi connectivity index (χ4n) is 1.96. The first kappa shape index (κ1) is 13.8. The summed E-state index contributed by atoms with van der Waals surface area (Å²) < 4.78 is 0. The molecule has 0 spiro atoms. The fraction of sp³-hybridized carbons (Fsp3) is 0.214. The minimum atomic E-state index is -1.03. The van der Waals surface area contributed by atoms with E-state index >= 15 is 0 Å². The summed E-state index contributed by atoms with van der Waals surface area (Å²) in [6.07, 6.45) is 0. The third kappa shape index (κ3) is 2.54. The lowest BCUT2D eigenvalue weighted by atomic mass is 10.1. The van der Waals surface area contributed by atoms with E-state index in [1.807, 2.05) is 0 Å². The van der Waals surface area contributed by atoms with Gasteiger partial charge in [-0.3, -0.25) is 9.89 Å². The first-order valence-corrected chi connectivity index (χ1v) is 6.07. The number of hydrogen-bond acceptors (Lipinski definition) is 3. The number of aromatic amines is 1. The van der Waals surface area contributed by atoms with E-state index in [4.69, 9.17) is 5.11 Å². The summed E-state index contributed by atoms with van der Waals surface area (Å²) in [7, 11) is 0. The Morgan fingerprint density at radius 1 is 1.25 bits per heavy atom. The summed E-state index contributed by atoms with van der Waals surface area (Å²) in [5.74, 6) is -1.34. The largest absolute Gasteiger partial charge is 0.478 e. The molecule has 6 nitrogen and oxygen atoms in total. The third-order valence-electron chi connectivity index (χ3n) is 3.09. The summed E-state index contributed by atoms with van der Waals surface area (Å²) >= 11 is 0. The van der Waals surface area contributed by atoms with Gasteiger partial charge >= 0.3 is 5.97 Å². The Labute approximate surface area is 115 Å². The van der Waals surface area contributed by atoms with Gasteiger partial charge in [-0.2, -0.15) is 5.10 Å². The molecule has 1 amide bonds. The monoisotopic (exact) mass is 273 g/mol. The molecule has 2 aromatic rings. The van der Waals surface area contributed by atoms with E-state index in [1.165, 1.54) is 12.1 Å². The predicted octanol–water partition coefficient (Wildman–Crippen LogP) is 2.29. The van der Waals surface area contributed by atoms with Gasteiger partial charge < -0.3 is 10.4 Å². The van der Waals surface area contributed by atoms with Crippen molar-refractivity contribution in [1.29, 1.82) is 0 Å². The highest BCUT2D eigenvalue weighted by atomic mass is 16.4. The molecule has 2 rings (SSSR count). The number of rotatable bonds is 3. The van der Waals surface area contributed by atoms with Crippen molar-refractivity contribution in [2.75, 3.05) is 5.32 Å². The van der Waals surface area contributed by atoms with Crippen molar-refractivity contribution in [2.24, 2.45) is 0 Å². The van der Waals surface area contributed by atoms with Crippen molar-refractivity contribution >= 4 is 17.6 Å². The van der Waals surface area contributed by atoms with E-state index in [2.05, 4.69) is 15.5 Å². The number of carboxylic acid groups (broad SMARTS) is 1. The molecule has 0 unspecified atom stereocenters. The van der Waals surface area contributed by atoms with Gasteiger partial charge in [0.2, 0.25) is 0 Å². The normalized spacial score (nSPS) is 10.3. The molecule has 0 saturated heterocycles. The second kappa shape index (κ2) is 5.16. The lowest BCUT2D eigenvalue weighted by Gasteiger charge is -2.09. The van der Waals surface area contributed by atoms with Gasteiger partial charge in [-0.15, -0.1) is 0 Å². The number of hydrogen-bond donors (Lipinski definition) is 3. The van der Waals surface area contributed by atoms with Gasteiger partial charge in [0.1, 0.15) is 0 Å². The van der Waals surface area contributed by atoms with Gasteiger partial charge in [0.15, 0.2) is 0 Å². The van der Waals surface area contributed by atoms with Crippen LogP contribution >= 0.6 is 0 Å². The first-order valence-electron chi connectivity index (χ1n) is 6.07. The molecule has 1 heterocycles. The number of nitrogens with zero attached hydrogens (tertiary/aromatic N) is 1. The fourth-order valence-corrected chi connectivity index (χ4v) is 1.96. The van der Waals surface area contributed by atoms with Gasteiger partial charge in [-0.05, 0) is 38.5 Å². The average Bonchev–Trinajstić information content (AvgIpc) is 2.71. The van der Waals surface area contributed by atoms with Crippen LogP contribution in [0, 0.1) is 20.8 Å². The van der Waals surface area contributed by atoms with Crippen LogP contribution in [0.25, 0.3) is 0 Å².